The summed E-state index contributed by atoms with van der Waals surface area (Å²) in [6.07, 6.45) is -3.41. The second kappa shape index (κ2) is 23.2. The number of carbonyl (C=O) groups excluding carboxylic acids is 2. The first kappa shape index (κ1) is 61.0. The minimum Gasteiger partial charge on any atom is -0.510 e. The summed E-state index contributed by atoms with van der Waals surface area (Å²) in [4.78, 5) is 32.2. The van der Waals surface area contributed by atoms with E-state index in [2.05, 4.69) is 164 Å². The van der Waals surface area contributed by atoms with Crippen LogP contribution in [-0.2, 0) is 38.2 Å². The largest absolute Gasteiger partial charge is 2.00 e. The number of benzene rings is 6. The van der Waals surface area contributed by atoms with E-state index in [9.17, 15) is 30.0 Å². The van der Waals surface area contributed by atoms with Gasteiger partial charge in [0.15, 0.2) is 0 Å². The zero-order chi connectivity index (χ0) is 54.3. The number of nitrogens with zero attached hydrogens (tertiary/aromatic N) is 2. The van der Waals surface area contributed by atoms with Crippen LogP contribution in [0.5, 0.6) is 23.0 Å². The molecule has 390 valence electrons. The molecule has 73 heavy (non-hydrogen) atoms. The molecule has 0 aromatic heterocycles. The van der Waals surface area contributed by atoms with Crippen LogP contribution in [0.3, 0.4) is 0 Å². The third-order valence-corrected chi connectivity index (χ3v) is 16.2. The number of aromatic hydroxyl groups is 2. The molecule has 0 saturated heterocycles. The van der Waals surface area contributed by atoms with Crippen molar-refractivity contribution in [1.29, 1.82) is 0 Å². The van der Waals surface area contributed by atoms with Crippen molar-refractivity contribution in [3.63, 3.8) is 0 Å². The van der Waals surface area contributed by atoms with Gasteiger partial charge in [0.1, 0.15) is 11.5 Å². The number of phenolic OH excluding ortho intramolecular Hbond substituents is 2. The van der Waals surface area contributed by atoms with Gasteiger partial charge in [0.05, 0.1) is 34.3 Å². The van der Waals surface area contributed by atoms with E-state index in [4.69, 9.17) is 19.5 Å². The van der Waals surface area contributed by atoms with Gasteiger partial charge in [0.2, 0.25) is 0 Å². The molecule has 0 fully saturated rings. The first-order valence-corrected chi connectivity index (χ1v) is 26.4. The molecular weight excluding hydrogens is 1230 g/mol. The fourth-order valence-electron chi connectivity index (χ4n) is 8.79. The Morgan fingerprint density at radius 2 is 0.726 bits per heavy atom. The van der Waals surface area contributed by atoms with Gasteiger partial charge in [-0.25, -0.2) is 9.98 Å². The Balaban J connectivity index is 0.000000243. The number of aliphatic imine (C=N–C) groups is 2. The molecule has 15 heteroatoms. The molecule has 0 spiro atoms. The number of halogens is 4. The Morgan fingerprint density at radius 3 is 0.986 bits per heavy atom. The molecule has 0 amide bonds. The van der Waals surface area contributed by atoms with Gasteiger partial charge in [-0.1, -0.05) is 156 Å². The van der Waals surface area contributed by atoms with E-state index in [-0.39, 0.29) is 39.5 Å². The van der Waals surface area contributed by atoms with Crippen molar-refractivity contribution in [2.75, 3.05) is 0 Å². The predicted molar refractivity (Wildman–Crippen MR) is 302 cm³/mol. The van der Waals surface area contributed by atoms with Gasteiger partial charge < -0.3 is 39.5 Å². The predicted octanol–water partition coefficient (Wildman–Crippen LogP) is 15.8. The van der Waals surface area contributed by atoms with E-state index >= 15 is 0 Å². The number of rotatable bonds is 4. The van der Waals surface area contributed by atoms with Gasteiger partial charge in [0, 0.05) is 56.7 Å². The smallest absolute Gasteiger partial charge is 0.510 e. The zero-order valence-corrected chi connectivity index (χ0v) is 51.3. The van der Waals surface area contributed by atoms with Crippen molar-refractivity contribution in [3.05, 3.63) is 146 Å². The van der Waals surface area contributed by atoms with Crippen LogP contribution in [-0.4, -0.2) is 33.9 Å². The van der Waals surface area contributed by atoms with Crippen LogP contribution in [0, 0.1) is 27.7 Å². The molecule has 0 radical (unpaired) electrons. The van der Waals surface area contributed by atoms with E-state index < -0.39 is 34.0 Å². The van der Waals surface area contributed by atoms with E-state index in [1.165, 1.54) is 33.0 Å². The maximum atomic E-state index is 10.9. The summed E-state index contributed by atoms with van der Waals surface area (Å²) in [5.74, 6) is -0.539. The number of aryl methyl sites for hydroxylation is 4. The molecule has 7 rings (SSSR count). The number of para-hydroxylation sites is 2. The Hall–Kier alpha value is -4.53. The molecule has 0 heterocycles. The van der Waals surface area contributed by atoms with Crippen LogP contribution < -0.4 is 19.7 Å². The number of phenols is 2. The van der Waals surface area contributed by atoms with Crippen LogP contribution in [0.2, 0.25) is 0 Å². The van der Waals surface area contributed by atoms with Gasteiger partial charge in [-0.3, -0.25) is 0 Å². The molecule has 0 bridgehead atoms. The maximum absolute atomic E-state index is 10.9. The van der Waals surface area contributed by atoms with E-state index in [0.29, 0.717) is 40.1 Å². The van der Waals surface area contributed by atoms with Crippen LogP contribution in [0.4, 0.5) is 21.0 Å². The summed E-state index contributed by atoms with van der Waals surface area (Å²) >= 11 is 13.9. The Morgan fingerprint density at radius 1 is 0.466 bits per heavy atom. The average Bonchev–Trinajstić information content (AvgIpc) is 3.53. The summed E-state index contributed by atoms with van der Waals surface area (Å²) < 4.78 is 12.2. The topological polar surface area (TPSA) is 164 Å². The minimum atomic E-state index is -1.70. The van der Waals surface area contributed by atoms with E-state index in [0.717, 1.165) is 33.9 Å². The Kier molecular flexibility index (Phi) is 19.4. The molecule has 0 atom stereocenters. The molecule has 1 aliphatic carbocycles. The van der Waals surface area contributed by atoms with Crippen molar-refractivity contribution in [2.24, 2.45) is 9.98 Å². The molecular formula is C58H62Br4N2NiO8. The van der Waals surface area contributed by atoms with Crippen LogP contribution in [0.25, 0.3) is 10.8 Å². The fraction of sp³-hybridized carbons (Fsp3) is 0.345. The molecule has 0 aliphatic heterocycles. The third kappa shape index (κ3) is 13.3. The molecule has 1 aliphatic rings. The summed E-state index contributed by atoms with van der Waals surface area (Å²) in [6, 6.07) is 25.6. The number of carboxylic acid groups (broad SMARTS) is 2. The quantitative estimate of drug-likeness (QED) is 0.100. The van der Waals surface area contributed by atoms with Gasteiger partial charge in [0.25, 0.3) is 12.3 Å². The number of carbonyl (C=O) groups is 2. The van der Waals surface area contributed by atoms with Crippen molar-refractivity contribution in [1.82, 2.24) is 0 Å². The van der Waals surface area contributed by atoms with Gasteiger partial charge >= 0.3 is 16.5 Å². The summed E-state index contributed by atoms with van der Waals surface area (Å²) in [5, 5.41) is 45.4. The molecule has 6 aromatic rings. The SMILES string of the molecule is CC(C)(C)c1c(O)c(OC(=O)[O-])c(C(C)(C)C)c(Br)c1Br.CC(C)(C)c1c(O)c(OC(=O)[O-])c(C(C)(C)C)c(Br)c1Br.Cc1cccc(C)c1N=C1C(=Nc2c(C)cccc2C)c2cccc3cccc1c23.[Ni+2]. The Bertz CT molecular complexity index is 2940. The molecule has 2 N–H and O–H groups in total. The summed E-state index contributed by atoms with van der Waals surface area (Å²) in [7, 11) is 0. The second-order valence-corrected chi connectivity index (χ2v) is 25.1. The Labute approximate surface area is 473 Å². The fourth-order valence-corrected chi connectivity index (χ4v) is 12.7. The second-order valence-electron chi connectivity index (χ2n) is 21.9. The van der Waals surface area contributed by atoms with Crippen molar-refractivity contribution < 1.29 is 56.0 Å². The van der Waals surface area contributed by atoms with Crippen molar-refractivity contribution >= 4 is 110 Å². The third-order valence-electron chi connectivity index (χ3n) is 12.0. The van der Waals surface area contributed by atoms with Crippen molar-refractivity contribution in [3.8, 4) is 23.0 Å². The van der Waals surface area contributed by atoms with E-state index in [1.54, 1.807) is 0 Å². The summed E-state index contributed by atoms with van der Waals surface area (Å²) in [5.41, 5.74) is 11.6. The van der Waals surface area contributed by atoms with Crippen LogP contribution in [0.1, 0.15) is 139 Å². The van der Waals surface area contributed by atoms with Gasteiger partial charge in [-0.15, -0.1) is 0 Å². The molecule has 0 unspecified atom stereocenters. The monoisotopic (exact) mass is 1290 g/mol. The average molecular weight is 1290 g/mol. The number of hydrogen-bond acceptors (Lipinski definition) is 10. The zero-order valence-electron chi connectivity index (χ0n) is 44.0. The van der Waals surface area contributed by atoms with Crippen LogP contribution >= 0.6 is 63.7 Å². The summed E-state index contributed by atoms with van der Waals surface area (Å²) in [6.45, 7) is 31.4. The van der Waals surface area contributed by atoms with Gasteiger partial charge in [-0.2, -0.15) is 0 Å². The minimum absolute atomic E-state index is 0. The molecule has 6 aromatic carbocycles. The number of ether oxygens (including phenoxy) is 2. The first-order chi connectivity index (χ1) is 33.1. The molecule has 0 saturated carbocycles. The molecule has 10 nitrogen and oxygen atoms in total. The van der Waals surface area contributed by atoms with Crippen molar-refractivity contribution in [2.45, 2.75) is 132 Å². The maximum Gasteiger partial charge on any atom is 2.00 e. The van der Waals surface area contributed by atoms with Gasteiger partial charge in [-0.05, 0) is 141 Å². The number of hydrogen-bond donors (Lipinski definition) is 2. The normalized spacial score (nSPS) is 13.5. The first-order valence-electron chi connectivity index (χ1n) is 23.2. The van der Waals surface area contributed by atoms with Crippen LogP contribution in [0.15, 0.2) is 101 Å². The standard InChI is InChI=1S/C28H24N2.2C15H20Br2O4.Ni/c1-17-9-5-10-18(2)25(17)29-27-22-15-7-13-21-14-8-16-23(24(21)22)28(27)30-26-19(3)11-6-12-20(26)4;2*1-14(2,3)7-9(16)10(17)8(15(4,5)6)12(11(7)18)21-13(19)20;/h5-16H,1-4H3;2*18H,1-6H3,(H,19,20);/q;;;+2/p-2. The van der Waals surface area contributed by atoms with E-state index in [1.807, 2.05) is 83.1 Å².